The molecule has 4 rings (SSSR count). The highest BCUT2D eigenvalue weighted by atomic mass is 79.9. The van der Waals surface area contributed by atoms with Gasteiger partial charge in [0.25, 0.3) is 11.6 Å². The van der Waals surface area contributed by atoms with Crippen LogP contribution in [0.2, 0.25) is 0 Å². The van der Waals surface area contributed by atoms with E-state index >= 15 is 0 Å². The predicted octanol–water partition coefficient (Wildman–Crippen LogP) is 4.02. The van der Waals surface area contributed by atoms with Crippen LogP contribution in [-0.4, -0.2) is 28.6 Å². The van der Waals surface area contributed by atoms with Crippen LogP contribution in [0.15, 0.2) is 53.0 Å². The molecule has 0 saturated carbocycles. The lowest BCUT2D eigenvalue weighted by Crippen LogP contribution is -2.41. The van der Waals surface area contributed by atoms with Gasteiger partial charge in [0.1, 0.15) is 5.69 Å². The summed E-state index contributed by atoms with van der Waals surface area (Å²) in [5.74, 6) is 1.25. The van der Waals surface area contributed by atoms with E-state index in [9.17, 15) is 5.11 Å². The SMILES string of the molecule is Cc1cccc(N2C[C@@](O)(c3ccc(Br)cc3)[N+]3=C2CCCC3)c1. The van der Waals surface area contributed by atoms with Gasteiger partial charge < -0.3 is 5.11 Å². The third kappa shape index (κ3) is 2.58. The van der Waals surface area contributed by atoms with Crippen LogP contribution < -0.4 is 4.90 Å². The normalized spacial score (nSPS) is 23.5. The number of nitrogens with zero attached hydrogens (tertiary/aromatic N) is 2. The second kappa shape index (κ2) is 6.01. The van der Waals surface area contributed by atoms with Gasteiger partial charge in [-0.2, -0.15) is 0 Å². The maximum Gasteiger partial charge on any atom is 0.271 e. The summed E-state index contributed by atoms with van der Waals surface area (Å²) in [4.78, 5) is 2.30. The van der Waals surface area contributed by atoms with Crippen molar-refractivity contribution < 1.29 is 9.68 Å². The molecule has 4 heteroatoms. The van der Waals surface area contributed by atoms with E-state index in [2.05, 4.69) is 56.6 Å². The number of hydrogen-bond donors (Lipinski definition) is 1. The highest BCUT2D eigenvalue weighted by molar-refractivity contribution is 9.10. The Morgan fingerprint density at radius 1 is 1.12 bits per heavy atom. The number of β-amino-alcohol motifs (C(OH)–C–C–N with tert-alkyl or cyclic N) is 1. The monoisotopic (exact) mass is 385 g/mol. The van der Waals surface area contributed by atoms with Crippen molar-refractivity contribution in [3.05, 3.63) is 64.1 Å². The quantitative estimate of drug-likeness (QED) is 0.790. The Morgan fingerprint density at radius 3 is 2.67 bits per heavy atom. The maximum absolute atomic E-state index is 11.6. The van der Waals surface area contributed by atoms with Crippen molar-refractivity contribution in [3.63, 3.8) is 0 Å². The molecular weight excluding hydrogens is 364 g/mol. The van der Waals surface area contributed by atoms with Gasteiger partial charge in [-0.25, -0.2) is 9.48 Å². The second-order valence-corrected chi connectivity index (χ2v) is 7.69. The summed E-state index contributed by atoms with van der Waals surface area (Å²) in [5.41, 5.74) is 2.42. The van der Waals surface area contributed by atoms with Gasteiger partial charge in [0.2, 0.25) is 0 Å². The van der Waals surface area contributed by atoms with Crippen molar-refractivity contribution in [3.8, 4) is 0 Å². The van der Waals surface area contributed by atoms with E-state index in [4.69, 9.17) is 0 Å². The number of halogens is 1. The molecular formula is C20H22BrN2O+. The summed E-state index contributed by atoms with van der Waals surface area (Å²) in [6.45, 7) is 3.60. The molecule has 0 bridgehead atoms. The summed E-state index contributed by atoms with van der Waals surface area (Å²) in [6.07, 6.45) is 3.33. The molecule has 0 aromatic heterocycles. The van der Waals surface area contributed by atoms with Crippen molar-refractivity contribution >= 4 is 27.5 Å². The molecule has 3 nitrogen and oxygen atoms in total. The predicted molar refractivity (Wildman–Crippen MR) is 101 cm³/mol. The van der Waals surface area contributed by atoms with Gasteiger partial charge in [-0.15, -0.1) is 0 Å². The Morgan fingerprint density at radius 2 is 1.92 bits per heavy atom. The first-order chi connectivity index (χ1) is 11.6. The van der Waals surface area contributed by atoms with Crippen LogP contribution in [0.1, 0.15) is 30.4 Å². The minimum absolute atomic E-state index is 0.577. The van der Waals surface area contributed by atoms with E-state index in [1.807, 2.05) is 24.3 Å². The first-order valence-corrected chi connectivity index (χ1v) is 9.33. The minimum atomic E-state index is -0.958. The Bertz CT molecular complexity index is 800. The fourth-order valence-corrected chi connectivity index (χ4v) is 4.16. The molecule has 0 saturated heterocycles. The van der Waals surface area contributed by atoms with Crippen molar-refractivity contribution in [2.24, 2.45) is 0 Å². The molecule has 2 aromatic rings. The molecule has 0 amide bonds. The second-order valence-electron chi connectivity index (χ2n) is 6.77. The summed E-state index contributed by atoms with van der Waals surface area (Å²) in [7, 11) is 0. The first-order valence-electron chi connectivity index (χ1n) is 8.54. The number of hydrogen-bond acceptors (Lipinski definition) is 2. The van der Waals surface area contributed by atoms with Gasteiger partial charge in [-0.3, -0.25) is 0 Å². The van der Waals surface area contributed by atoms with Gasteiger partial charge in [0.15, 0.2) is 6.54 Å². The number of anilines is 1. The van der Waals surface area contributed by atoms with Gasteiger partial charge in [-0.1, -0.05) is 40.2 Å². The molecule has 0 radical (unpaired) electrons. The van der Waals surface area contributed by atoms with Crippen LogP contribution in [0.3, 0.4) is 0 Å². The van der Waals surface area contributed by atoms with Crippen LogP contribution in [0.4, 0.5) is 5.69 Å². The van der Waals surface area contributed by atoms with E-state index in [1.165, 1.54) is 23.5 Å². The zero-order chi connectivity index (χ0) is 16.7. The number of rotatable bonds is 2. The van der Waals surface area contributed by atoms with E-state index in [0.29, 0.717) is 6.54 Å². The van der Waals surface area contributed by atoms with Crippen molar-refractivity contribution in [2.75, 3.05) is 18.0 Å². The molecule has 124 valence electrons. The van der Waals surface area contributed by atoms with Gasteiger partial charge >= 0.3 is 0 Å². The molecule has 0 aliphatic carbocycles. The minimum Gasteiger partial charge on any atom is -0.346 e. The van der Waals surface area contributed by atoms with Crippen LogP contribution in [0.25, 0.3) is 0 Å². The van der Waals surface area contributed by atoms with Gasteiger partial charge in [-0.05, 0) is 49.6 Å². The maximum atomic E-state index is 11.6. The Balaban J connectivity index is 1.80. The average Bonchev–Trinajstić information content (AvgIpc) is 2.90. The van der Waals surface area contributed by atoms with Crippen LogP contribution >= 0.6 is 15.9 Å². The molecule has 0 spiro atoms. The summed E-state index contributed by atoms with van der Waals surface area (Å²) < 4.78 is 3.24. The number of amidine groups is 1. The van der Waals surface area contributed by atoms with Crippen molar-refractivity contribution in [2.45, 2.75) is 31.9 Å². The third-order valence-electron chi connectivity index (χ3n) is 5.10. The standard InChI is InChI=1S/C20H22BrN2O/c1-15-5-4-6-18(13-15)22-14-20(24,16-8-10-17(21)11-9-16)23-12-3-2-7-19(22)23/h4-6,8-11,13,24H,2-3,7,12,14H2,1H3/q+1/t20-/m1/s1. The van der Waals surface area contributed by atoms with E-state index in [0.717, 1.165) is 29.4 Å². The average molecular weight is 386 g/mol. The van der Waals surface area contributed by atoms with Crippen LogP contribution in [0.5, 0.6) is 0 Å². The zero-order valence-corrected chi connectivity index (χ0v) is 15.5. The smallest absolute Gasteiger partial charge is 0.271 e. The largest absolute Gasteiger partial charge is 0.346 e. The highest BCUT2D eigenvalue weighted by Gasteiger charge is 2.52. The summed E-state index contributed by atoms with van der Waals surface area (Å²) >= 11 is 3.49. The number of benzene rings is 2. The molecule has 2 heterocycles. The Labute approximate surface area is 151 Å². The first kappa shape index (κ1) is 15.9. The Hall–Kier alpha value is -1.65. The van der Waals surface area contributed by atoms with Crippen LogP contribution in [-0.2, 0) is 5.72 Å². The fourth-order valence-electron chi connectivity index (χ4n) is 3.89. The lowest BCUT2D eigenvalue weighted by molar-refractivity contribution is -0.661. The topological polar surface area (TPSA) is 26.5 Å². The lowest BCUT2D eigenvalue weighted by atomic mass is 10.0. The molecule has 1 atom stereocenters. The zero-order valence-electron chi connectivity index (χ0n) is 13.9. The molecule has 2 aliphatic heterocycles. The molecule has 1 N–H and O–H groups in total. The molecule has 0 fully saturated rings. The van der Waals surface area contributed by atoms with Gasteiger partial charge in [0, 0.05) is 16.5 Å². The fraction of sp³-hybridized carbons (Fsp3) is 0.350. The molecule has 2 aliphatic rings. The summed E-state index contributed by atoms with van der Waals surface area (Å²) in [6, 6.07) is 16.6. The molecule has 2 aromatic carbocycles. The highest BCUT2D eigenvalue weighted by Crippen LogP contribution is 2.36. The number of aliphatic hydroxyl groups is 1. The molecule has 0 unspecified atom stereocenters. The number of aryl methyl sites for hydroxylation is 1. The van der Waals surface area contributed by atoms with Crippen molar-refractivity contribution in [1.29, 1.82) is 0 Å². The van der Waals surface area contributed by atoms with Crippen LogP contribution in [0, 0.1) is 6.92 Å². The summed E-state index contributed by atoms with van der Waals surface area (Å²) in [5, 5.41) is 11.6. The molecule has 24 heavy (non-hydrogen) atoms. The van der Waals surface area contributed by atoms with E-state index in [-0.39, 0.29) is 0 Å². The van der Waals surface area contributed by atoms with Gasteiger partial charge in [0.05, 0.1) is 6.54 Å². The van der Waals surface area contributed by atoms with E-state index in [1.54, 1.807) is 0 Å². The Kier molecular flexibility index (Phi) is 3.97. The third-order valence-corrected chi connectivity index (χ3v) is 5.63. The van der Waals surface area contributed by atoms with E-state index < -0.39 is 5.72 Å². The lowest BCUT2D eigenvalue weighted by Gasteiger charge is -2.24. The van der Waals surface area contributed by atoms with Crippen molar-refractivity contribution in [1.82, 2.24) is 0 Å².